The second kappa shape index (κ2) is 12.9. The molecular formula is C25H30Cl2N2O6S. The van der Waals surface area contributed by atoms with Crippen LogP contribution in [0, 0.1) is 0 Å². The molecule has 2 aromatic rings. The maximum Gasteiger partial charge on any atom is 0.319 e. The number of anilines is 1. The maximum atomic E-state index is 13.3. The van der Waals surface area contributed by atoms with E-state index in [0.29, 0.717) is 23.7 Å². The molecule has 11 heteroatoms. The Morgan fingerprint density at radius 3 is 2.53 bits per heavy atom. The summed E-state index contributed by atoms with van der Waals surface area (Å²) in [6, 6.07) is 12.2. The van der Waals surface area contributed by atoms with Gasteiger partial charge in [0.25, 0.3) is 5.91 Å². The fraction of sp³-hybridized carbons (Fsp3) is 0.440. The first-order valence-electron chi connectivity index (χ1n) is 11.5. The summed E-state index contributed by atoms with van der Waals surface area (Å²) >= 11 is 12.5. The van der Waals surface area contributed by atoms with Crippen LogP contribution < -0.4 is 4.90 Å². The third-order valence-corrected chi connectivity index (χ3v) is 8.14. The molecule has 0 saturated carbocycles. The van der Waals surface area contributed by atoms with Crippen LogP contribution in [0.4, 0.5) is 5.69 Å². The van der Waals surface area contributed by atoms with E-state index in [1.54, 1.807) is 11.0 Å². The van der Waals surface area contributed by atoms with Gasteiger partial charge in [-0.2, -0.15) is 0 Å². The third kappa shape index (κ3) is 6.98. The topological polar surface area (TPSA) is 96.4 Å². The van der Waals surface area contributed by atoms with Crippen molar-refractivity contribution in [2.24, 2.45) is 0 Å². The first-order chi connectivity index (χ1) is 17.1. The Hall–Kier alpha value is -2.17. The minimum absolute atomic E-state index is 0.0186. The van der Waals surface area contributed by atoms with E-state index in [4.69, 9.17) is 32.7 Å². The fourth-order valence-electron chi connectivity index (χ4n) is 4.09. The van der Waals surface area contributed by atoms with Gasteiger partial charge in [-0.05, 0) is 50.2 Å². The van der Waals surface area contributed by atoms with Crippen LogP contribution in [0.1, 0.15) is 24.2 Å². The van der Waals surface area contributed by atoms with Crippen molar-refractivity contribution in [3.05, 3.63) is 58.1 Å². The largest absolute Gasteiger partial charge is 0.462 e. The van der Waals surface area contributed by atoms with Crippen molar-refractivity contribution in [1.82, 2.24) is 4.90 Å². The number of halogens is 2. The second-order valence-corrected chi connectivity index (χ2v) is 10.8. The number of aliphatic hydroxyl groups is 1. The van der Waals surface area contributed by atoms with E-state index in [1.165, 1.54) is 19.2 Å². The summed E-state index contributed by atoms with van der Waals surface area (Å²) in [5.41, 5.74) is 1.39. The van der Waals surface area contributed by atoms with Crippen LogP contribution in [0.25, 0.3) is 0 Å². The highest BCUT2D eigenvalue weighted by molar-refractivity contribution is 7.85. The van der Waals surface area contributed by atoms with Gasteiger partial charge in [0.2, 0.25) is 0 Å². The number of carbonyl (C=O) groups is 2. The number of esters is 1. The van der Waals surface area contributed by atoms with Crippen molar-refractivity contribution in [3.8, 4) is 0 Å². The molecule has 0 spiro atoms. The number of rotatable bonds is 9. The van der Waals surface area contributed by atoms with Gasteiger partial charge in [0.1, 0.15) is 18.5 Å². The van der Waals surface area contributed by atoms with Gasteiger partial charge in [0, 0.05) is 48.6 Å². The Balaban J connectivity index is 1.64. The number of hydrogen-bond acceptors (Lipinski definition) is 7. The minimum atomic E-state index is -1.77. The first-order valence-corrected chi connectivity index (χ1v) is 13.5. The smallest absolute Gasteiger partial charge is 0.319 e. The summed E-state index contributed by atoms with van der Waals surface area (Å²) in [4.78, 5) is 29.5. The highest BCUT2D eigenvalue weighted by Crippen LogP contribution is 2.28. The number of amides is 1. The van der Waals surface area contributed by atoms with Crippen LogP contribution in [-0.2, 0) is 25.1 Å². The van der Waals surface area contributed by atoms with Crippen LogP contribution in [-0.4, -0.2) is 83.4 Å². The van der Waals surface area contributed by atoms with Crippen LogP contribution in [0.5, 0.6) is 0 Å². The molecule has 0 aromatic heterocycles. The van der Waals surface area contributed by atoms with E-state index in [1.807, 2.05) is 31.2 Å². The lowest BCUT2D eigenvalue weighted by atomic mass is 10.0. The number of hydrogen-bond donors (Lipinski definition) is 1. The summed E-state index contributed by atoms with van der Waals surface area (Å²) in [6.07, 6.45) is -0.960. The van der Waals surface area contributed by atoms with E-state index < -0.39 is 28.6 Å². The summed E-state index contributed by atoms with van der Waals surface area (Å²) in [5, 5.41) is 10.4. The molecule has 3 unspecified atom stereocenters. The first kappa shape index (κ1) is 28.4. The van der Waals surface area contributed by atoms with Crippen LogP contribution in [0.15, 0.2) is 47.4 Å². The molecule has 0 bridgehead atoms. The molecular weight excluding hydrogens is 527 g/mol. The molecule has 1 fully saturated rings. The highest BCUT2D eigenvalue weighted by atomic mass is 35.5. The SMILES string of the molecule is COCC(O)COC(=O)CS(=O)c1ccc(C(=O)N2CCN(c3cccc(Cl)c3)[C@H](C)C2C)cc1Cl. The average Bonchev–Trinajstić information content (AvgIpc) is 2.84. The van der Waals surface area contributed by atoms with E-state index >= 15 is 0 Å². The molecule has 0 aliphatic carbocycles. The number of methoxy groups -OCH3 is 1. The molecule has 1 saturated heterocycles. The molecule has 8 nitrogen and oxygen atoms in total. The monoisotopic (exact) mass is 556 g/mol. The zero-order valence-corrected chi connectivity index (χ0v) is 22.7. The maximum absolute atomic E-state index is 13.3. The molecule has 196 valence electrons. The van der Waals surface area contributed by atoms with Crippen LogP contribution in [0.3, 0.4) is 0 Å². The quantitative estimate of drug-likeness (QED) is 0.473. The van der Waals surface area contributed by atoms with Crippen molar-refractivity contribution in [2.45, 2.75) is 36.9 Å². The summed E-state index contributed by atoms with van der Waals surface area (Å²) < 4.78 is 22.3. The molecule has 3 rings (SSSR count). The Bertz CT molecular complexity index is 1120. The molecule has 36 heavy (non-hydrogen) atoms. The standard InChI is InChI=1S/C25H30Cl2N2O6S/c1-16-17(2)29(10-9-28(16)20-6-4-5-19(26)12-20)25(32)18-7-8-23(22(27)11-18)36(33)15-24(31)35-14-21(30)13-34-3/h4-8,11-12,16-17,21,30H,9-10,13-15H2,1-3H3/t16-,17?,21?,36?/m1/s1. The third-order valence-electron chi connectivity index (χ3n) is 6.13. The summed E-state index contributed by atoms with van der Waals surface area (Å²) in [6.45, 7) is 4.99. The van der Waals surface area contributed by atoms with Crippen molar-refractivity contribution in [1.29, 1.82) is 0 Å². The van der Waals surface area contributed by atoms with Crippen LogP contribution >= 0.6 is 23.2 Å². The van der Waals surface area contributed by atoms with Gasteiger partial charge in [-0.15, -0.1) is 0 Å². The van der Waals surface area contributed by atoms with Crippen LogP contribution in [0.2, 0.25) is 10.0 Å². The lowest BCUT2D eigenvalue weighted by Gasteiger charge is -2.46. The molecule has 1 aliphatic heterocycles. The number of piperazine rings is 1. The van der Waals surface area contributed by atoms with Crippen molar-refractivity contribution >= 4 is 51.6 Å². The zero-order valence-electron chi connectivity index (χ0n) is 20.4. The number of benzene rings is 2. The summed E-state index contributed by atoms with van der Waals surface area (Å²) in [7, 11) is -0.357. The molecule has 2 aromatic carbocycles. The van der Waals surface area contributed by atoms with Gasteiger partial charge in [0.15, 0.2) is 0 Å². The Morgan fingerprint density at radius 1 is 1.11 bits per heavy atom. The molecule has 4 atom stereocenters. The van der Waals surface area contributed by atoms with Gasteiger partial charge in [-0.25, -0.2) is 0 Å². The van der Waals surface area contributed by atoms with E-state index in [2.05, 4.69) is 11.8 Å². The number of nitrogens with zero attached hydrogens (tertiary/aromatic N) is 2. The fourth-order valence-corrected chi connectivity index (χ4v) is 5.66. The lowest BCUT2D eigenvalue weighted by Crippen LogP contribution is -2.59. The van der Waals surface area contributed by atoms with Crippen molar-refractivity contribution in [3.63, 3.8) is 0 Å². The number of ether oxygens (including phenoxy) is 2. The molecule has 1 aliphatic rings. The van der Waals surface area contributed by atoms with Gasteiger partial charge >= 0.3 is 5.97 Å². The van der Waals surface area contributed by atoms with Gasteiger partial charge in [-0.1, -0.05) is 29.3 Å². The number of aliphatic hydroxyl groups excluding tert-OH is 1. The van der Waals surface area contributed by atoms with E-state index in [0.717, 1.165) is 5.69 Å². The summed E-state index contributed by atoms with van der Waals surface area (Å²) in [5.74, 6) is -1.34. The predicted octanol–water partition coefficient (Wildman–Crippen LogP) is 3.39. The normalized spacial score (nSPS) is 19.6. The molecule has 1 heterocycles. The minimum Gasteiger partial charge on any atom is -0.462 e. The van der Waals surface area contributed by atoms with Gasteiger partial charge < -0.3 is 24.4 Å². The molecule has 1 amide bonds. The van der Waals surface area contributed by atoms with Crippen molar-refractivity contribution in [2.75, 3.05) is 44.1 Å². The number of carbonyl (C=O) groups excluding carboxylic acids is 2. The lowest BCUT2D eigenvalue weighted by molar-refractivity contribution is -0.144. The average molecular weight is 557 g/mol. The second-order valence-electron chi connectivity index (χ2n) is 8.58. The zero-order chi connectivity index (χ0) is 26.4. The highest BCUT2D eigenvalue weighted by Gasteiger charge is 2.34. The van der Waals surface area contributed by atoms with E-state index in [-0.39, 0.29) is 41.1 Å². The van der Waals surface area contributed by atoms with Crippen molar-refractivity contribution < 1.29 is 28.4 Å². The van der Waals surface area contributed by atoms with E-state index in [9.17, 15) is 18.9 Å². The Morgan fingerprint density at radius 2 is 1.86 bits per heavy atom. The van der Waals surface area contributed by atoms with Gasteiger partial charge in [-0.3, -0.25) is 13.8 Å². The Kier molecular flexibility index (Phi) is 10.2. The van der Waals surface area contributed by atoms with Gasteiger partial charge in [0.05, 0.1) is 27.3 Å². The Labute approximate surface area is 223 Å². The molecule has 0 radical (unpaired) electrons. The molecule has 1 N–H and O–H groups in total. The predicted molar refractivity (Wildman–Crippen MR) is 140 cm³/mol.